The fourth-order valence-electron chi connectivity index (χ4n) is 2.07. The Bertz CT molecular complexity index is 417. The van der Waals surface area contributed by atoms with Gasteiger partial charge < -0.3 is 9.47 Å². The molecule has 0 aromatic heterocycles. The van der Waals surface area contributed by atoms with Crippen molar-refractivity contribution in [3.05, 3.63) is 23.4 Å². The van der Waals surface area contributed by atoms with Crippen molar-refractivity contribution >= 4 is 13.9 Å². The molecule has 1 fully saturated rings. The molecule has 4 heteroatoms. The molecule has 18 heavy (non-hydrogen) atoms. The third-order valence-electron chi connectivity index (χ3n) is 3.26. The van der Waals surface area contributed by atoms with Crippen LogP contribution in [0.4, 0.5) is 0 Å². The quantitative estimate of drug-likeness (QED) is 0.685. The van der Waals surface area contributed by atoms with E-state index in [1.165, 1.54) is 0 Å². The number of carbonyl (C=O) groups is 1. The van der Waals surface area contributed by atoms with Gasteiger partial charge in [-0.2, -0.15) is 0 Å². The molecular formula is C14H22O3Si. The summed E-state index contributed by atoms with van der Waals surface area (Å²) in [6.45, 7) is 12.0. The van der Waals surface area contributed by atoms with E-state index in [9.17, 15) is 4.79 Å². The first-order chi connectivity index (χ1) is 8.14. The summed E-state index contributed by atoms with van der Waals surface area (Å²) in [5, 5.41) is 0.893. The lowest BCUT2D eigenvalue weighted by Gasteiger charge is -2.42. The zero-order valence-electron chi connectivity index (χ0n) is 11.9. The lowest BCUT2D eigenvalue weighted by molar-refractivity contribution is -0.246. The van der Waals surface area contributed by atoms with Crippen molar-refractivity contribution in [2.45, 2.75) is 39.3 Å². The van der Waals surface area contributed by atoms with Gasteiger partial charge in [-0.15, -0.1) is 0 Å². The standard InChI is InChI=1S/C14H22O3Si/c1-13(2)9-16-14(17-10-13)7-6-11(15)12(8-14)18(3,4)5/h6-8H,9-10H2,1-5H3. The molecule has 1 saturated heterocycles. The molecule has 0 aromatic rings. The van der Waals surface area contributed by atoms with Crippen molar-refractivity contribution in [2.24, 2.45) is 5.41 Å². The van der Waals surface area contributed by atoms with Crippen LogP contribution in [0.5, 0.6) is 0 Å². The Labute approximate surface area is 110 Å². The molecule has 0 atom stereocenters. The summed E-state index contributed by atoms with van der Waals surface area (Å²) in [5.41, 5.74) is 0.0354. The van der Waals surface area contributed by atoms with Crippen LogP contribution in [-0.2, 0) is 14.3 Å². The molecule has 0 aromatic carbocycles. The SMILES string of the molecule is CC1(C)COC2(C=CC(=O)C([Si](C)(C)C)=C2)OC1. The number of hydrogen-bond donors (Lipinski definition) is 0. The average Bonchev–Trinajstić information content (AvgIpc) is 2.25. The lowest BCUT2D eigenvalue weighted by Crippen LogP contribution is -2.48. The topological polar surface area (TPSA) is 35.5 Å². The number of ketones is 1. The summed E-state index contributed by atoms with van der Waals surface area (Å²) >= 11 is 0. The van der Waals surface area contributed by atoms with E-state index in [0.29, 0.717) is 13.2 Å². The number of rotatable bonds is 1. The van der Waals surface area contributed by atoms with Gasteiger partial charge in [0.1, 0.15) is 0 Å². The van der Waals surface area contributed by atoms with Gasteiger partial charge in [0, 0.05) is 5.41 Å². The van der Waals surface area contributed by atoms with Crippen molar-refractivity contribution in [1.29, 1.82) is 0 Å². The summed E-state index contributed by atoms with van der Waals surface area (Å²) in [5.74, 6) is -0.698. The van der Waals surface area contributed by atoms with Crippen LogP contribution in [0.3, 0.4) is 0 Å². The van der Waals surface area contributed by atoms with Gasteiger partial charge in [-0.3, -0.25) is 4.79 Å². The molecule has 0 saturated carbocycles. The highest BCUT2D eigenvalue weighted by atomic mass is 28.3. The second kappa shape index (κ2) is 4.15. The van der Waals surface area contributed by atoms with Crippen LogP contribution in [0.1, 0.15) is 13.8 Å². The van der Waals surface area contributed by atoms with Gasteiger partial charge in [-0.05, 0) is 23.4 Å². The summed E-state index contributed by atoms with van der Waals surface area (Å²) in [6.07, 6.45) is 5.25. The number of hydrogen-bond acceptors (Lipinski definition) is 3. The van der Waals surface area contributed by atoms with Gasteiger partial charge in [0.05, 0.1) is 21.3 Å². The fraction of sp³-hybridized carbons (Fsp3) is 0.643. The van der Waals surface area contributed by atoms with Gasteiger partial charge in [0.15, 0.2) is 5.78 Å². The summed E-state index contributed by atoms with van der Waals surface area (Å²) in [4.78, 5) is 12.0. The Morgan fingerprint density at radius 2 is 1.72 bits per heavy atom. The van der Waals surface area contributed by atoms with Crippen molar-refractivity contribution in [2.75, 3.05) is 13.2 Å². The van der Waals surface area contributed by atoms with Gasteiger partial charge in [-0.1, -0.05) is 33.5 Å². The summed E-state index contributed by atoms with van der Waals surface area (Å²) in [6, 6.07) is 0. The Morgan fingerprint density at radius 1 is 1.17 bits per heavy atom. The Hall–Kier alpha value is -0.713. The predicted octanol–water partition coefficient (Wildman–Crippen LogP) is 2.70. The number of ether oxygens (including phenoxy) is 2. The van der Waals surface area contributed by atoms with Crippen LogP contribution < -0.4 is 0 Å². The molecule has 1 aliphatic carbocycles. The molecular weight excluding hydrogens is 244 g/mol. The Kier molecular flexibility index (Phi) is 3.16. The van der Waals surface area contributed by atoms with Gasteiger partial charge in [0.2, 0.25) is 5.79 Å². The molecule has 1 aliphatic heterocycles. The van der Waals surface area contributed by atoms with Gasteiger partial charge >= 0.3 is 0 Å². The maximum absolute atomic E-state index is 12.0. The molecule has 100 valence electrons. The largest absolute Gasteiger partial charge is 0.342 e. The minimum absolute atomic E-state index is 0.0354. The van der Waals surface area contributed by atoms with E-state index < -0.39 is 13.9 Å². The van der Waals surface area contributed by atoms with Crippen molar-refractivity contribution in [3.8, 4) is 0 Å². The molecule has 0 radical (unpaired) electrons. The third kappa shape index (κ3) is 2.65. The molecule has 0 unspecified atom stereocenters. The first kappa shape index (κ1) is 13.7. The molecule has 3 nitrogen and oxygen atoms in total. The second-order valence-electron chi connectivity index (χ2n) is 6.97. The van der Waals surface area contributed by atoms with Gasteiger partial charge in [0.25, 0.3) is 0 Å². The van der Waals surface area contributed by atoms with Crippen LogP contribution in [0.2, 0.25) is 19.6 Å². The van der Waals surface area contributed by atoms with Crippen molar-refractivity contribution in [1.82, 2.24) is 0 Å². The van der Waals surface area contributed by atoms with Crippen molar-refractivity contribution in [3.63, 3.8) is 0 Å². The normalized spacial score (nSPS) is 26.3. The molecule has 1 spiro atoms. The van der Waals surface area contributed by atoms with Gasteiger partial charge in [-0.25, -0.2) is 0 Å². The zero-order valence-corrected chi connectivity index (χ0v) is 12.9. The highest BCUT2D eigenvalue weighted by Gasteiger charge is 2.41. The van der Waals surface area contributed by atoms with Crippen LogP contribution in [-0.4, -0.2) is 32.9 Å². The molecule has 0 N–H and O–H groups in total. The highest BCUT2D eigenvalue weighted by molar-refractivity contribution is 6.87. The average molecular weight is 266 g/mol. The lowest BCUT2D eigenvalue weighted by atomic mass is 9.94. The second-order valence-corrected chi connectivity index (χ2v) is 12.0. The summed E-state index contributed by atoms with van der Waals surface area (Å²) < 4.78 is 11.8. The van der Waals surface area contributed by atoms with E-state index in [-0.39, 0.29) is 11.2 Å². The van der Waals surface area contributed by atoms with E-state index in [1.54, 1.807) is 12.2 Å². The zero-order chi connectivity index (χ0) is 13.6. The maximum Gasteiger partial charge on any atom is 0.208 e. The van der Waals surface area contributed by atoms with Crippen LogP contribution in [0.25, 0.3) is 0 Å². The summed E-state index contributed by atoms with van der Waals surface area (Å²) in [7, 11) is -1.66. The highest BCUT2D eigenvalue weighted by Crippen LogP contribution is 2.35. The number of carbonyl (C=O) groups excluding carboxylic acids is 1. The maximum atomic E-state index is 12.0. The molecule has 2 rings (SSSR count). The minimum Gasteiger partial charge on any atom is -0.342 e. The molecule has 0 bridgehead atoms. The van der Waals surface area contributed by atoms with E-state index in [4.69, 9.17) is 9.47 Å². The molecule has 2 aliphatic rings. The number of allylic oxidation sites excluding steroid dienone is 2. The molecule has 0 amide bonds. The van der Waals surface area contributed by atoms with Crippen molar-refractivity contribution < 1.29 is 14.3 Å². The van der Waals surface area contributed by atoms with Crippen LogP contribution in [0, 0.1) is 5.41 Å². The van der Waals surface area contributed by atoms with E-state index in [0.717, 1.165) is 5.20 Å². The smallest absolute Gasteiger partial charge is 0.208 e. The van der Waals surface area contributed by atoms with E-state index >= 15 is 0 Å². The van der Waals surface area contributed by atoms with Crippen LogP contribution in [0.15, 0.2) is 23.4 Å². The Balaban J connectivity index is 2.28. The first-order valence-corrected chi connectivity index (χ1v) is 9.88. The first-order valence-electron chi connectivity index (χ1n) is 6.38. The minimum atomic E-state index is -1.66. The third-order valence-corrected chi connectivity index (χ3v) is 5.27. The molecule has 1 heterocycles. The van der Waals surface area contributed by atoms with E-state index in [1.807, 2.05) is 6.08 Å². The monoisotopic (exact) mass is 266 g/mol. The predicted molar refractivity (Wildman–Crippen MR) is 74.0 cm³/mol. The fourth-order valence-corrected chi connectivity index (χ4v) is 3.52. The van der Waals surface area contributed by atoms with Crippen LogP contribution >= 0.6 is 0 Å². The van der Waals surface area contributed by atoms with E-state index in [2.05, 4.69) is 33.5 Å². The Morgan fingerprint density at radius 3 is 2.22 bits per heavy atom.